The van der Waals surface area contributed by atoms with Crippen LogP contribution in [0.1, 0.15) is 0 Å². The van der Waals surface area contributed by atoms with Gasteiger partial charge in [0.25, 0.3) is 0 Å². The molecule has 1 nitrogen and oxygen atoms in total. The number of thiocarbonyl (C=S) groups is 1. The van der Waals surface area contributed by atoms with Crippen LogP contribution in [0.15, 0.2) is 0 Å². The van der Waals surface area contributed by atoms with Crippen molar-refractivity contribution in [3.8, 4) is 0 Å². The van der Waals surface area contributed by atoms with Gasteiger partial charge in [0.15, 0.2) is 4.99 Å². The van der Waals surface area contributed by atoms with Crippen molar-refractivity contribution in [2.24, 2.45) is 5.73 Å². The molecule has 0 fully saturated rings. The van der Waals surface area contributed by atoms with Crippen molar-refractivity contribution in [3.63, 3.8) is 0 Å². The fourth-order valence-electron chi connectivity index (χ4n) is 0. The molecule has 0 saturated carbocycles. The molecule has 0 heterocycles. The smallest absolute Gasteiger partial charge is 0.386 e. The van der Waals surface area contributed by atoms with Crippen LogP contribution in [0.4, 0.5) is 13.2 Å². The van der Waals surface area contributed by atoms with Crippen molar-refractivity contribution < 1.29 is 35.6 Å². The van der Waals surface area contributed by atoms with Crippen LogP contribution in [-0.2, 0) is 22.4 Å². The molecule has 0 aromatic carbocycles. The van der Waals surface area contributed by atoms with E-state index in [2.05, 4.69) is 18.0 Å². The van der Waals surface area contributed by atoms with Crippen LogP contribution in [0.3, 0.4) is 0 Å². The maximum Gasteiger partial charge on any atom is 0.441 e. The summed E-state index contributed by atoms with van der Waals surface area (Å²) in [6.45, 7) is 0. The van der Waals surface area contributed by atoms with Crippen molar-refractivity contribution in [2.45, 2.75) is 6.18 Å². The van der Waals surface area contributed by atoms with Gasteiger partial charge in [-0.1, -0.05) is 12.2 Å². The standard InChI is InChI=1S/C2H2F3NS.Ag.ClH/c3-2(4,5)1(6)7;;/h(H2,6,7);;1H. The molecule has 0 aliphatic heterocycles. The van der Waals surface area contributed by atoms with Crippen molar-refractivity contribution in [1.29, 1.82) is 0 Å². The second-order valence-electron chi connectivity index (χ2n) is 0.862. The molecular weight excluding hydrogens is 270 g/mol. The van der Waals surface area contributed by atoms with Gasteiger partial charge in [0.1, 0.15) is 0 Å². The Morgan fingerprint density at radius 3 is 1.44 bits per heavy atom. The van der Waals surface area contributed by atoms with Crippen molar-refractivity contribution in [3.05, 3.63) is 0 Å². The predicted molar refractivity (Wildman–Crippen MR) is 30.1 cm³/mol. The zero-order chi connectivity index (χ0) is 6.08. The zero-order valence-corrected chi connectivity index (χ0v) is 6.94. The summed E-state index contributed by atoms with van der Waals surface area (Å²) >= 11 is 3.59. The van der Waals surface area contributed by atoms with Crippen LogP contribution in [0.5, 0.6) is 0 Å². The maximum atomic E-state index is 10.9. The van der Waals surface area contributed by atoms with Crippen molar-refractivity contribution in [1.82, 2.24) is 0 Å². The van der Waals surface area contributed by atoms with Gasteiger partial charge in [-0.25, -0.2) is 0 Å². The average Bonchev–Trinajstić information content (AvgIpc) is 1.31. The van der Waals surface area contributed by atoms with Gasteiger partial charge in [0.05, 0.1) is 0 Å². The van der Waals surface area contributed by atoms with Crippen molar-refractivity contribution in [2.75, 3.05) is 0 Å². The summed E-state index contributed by atoms with van der Waals surface area (Å²) in [6.07, 6.45) is -4.49. The Hall–Kier alpha value is 0.710. The molecule has 2 N–H and O–H groups in total. The first-order valence-corrected chi connectivity index (χ1v) is 1.72. The number of hydrogen-bond donors (Lipinski definition) is 1. The molecule has 0 saturated heterocycles. The summed E-state index contributed by atoms with van der Waals surface area (Å²) in [7, 11) is 0. The molecule has 1 radical (unpaired) electrons. The molecule has 0 unspecified atom stereocenters. The number of nitrogens with two attached hydrogens (primary N) is 1. The molecule has 0 bridgehead atoms. The van der Waals surface area contributed by atoms with E-state index in [1.54, 1.807) is 0 Å². The third-order valence-electron chi connectivity index (χ3n) is 0.279. The van der Waals surface area contributed by atoms with Crippen molar-refractivity contribution >= 4 is 29.6 Å². The second-order valence-corrected chi connectivity index (χ2v) is 1.30. The minimum absolute atomic E-state index is 0. The van der Waals surface area contributed by atoms with E-state index in [0.29, 0.717) is 0 Å². The first kappa shape index (κ1) is 16.4. The Bertz CT molecular complexity index is 94.3. The average molecular weight is 273 g/mol. The van der Waals surface area contributed by atoms with E-state index < -0.39 is 11.2 Å². The van der Waals surface area contributed by atoms with Crippen LogP contribution in [-0.4, -0.2) is 11.2 Å². The first-order chi connectivity index (χ1) is 2.94. The predicted octanol–water partition coefficient (Wildman–Crippen LogP) is 1.25. The van der Waals surface area contributed by atoms with Gasteiger partial charge in [-0.2, -0.15) is 13.2 Å². The summed E-state index contributed by atoms with van der Waals surface area (Å²) in [5.74, 6) is 0. The summed E-state index contributed by atoms with van der Waals surface area (Å²) < 4.78 is 32.7. The van der Waals surface area contributed by atoms with Gasteiger partial charge in [-0.15, -0.1) is 12.4 Å². The molecule has 0 amide bonds. The largest absolute Gasteiger partial charge is 0.441 e. The first-order valence-electron chi connectivity index (χ1n) is 1.31. The SMILES string of the molecule is Cl.NC(=S)C(F)(F)F.[Ag]. The van der Waals surface area contributed by atoms with Crippen LogP contribution in [0.25, 0.3) is 0 Å². The van der Waals surface area contributed by atoms with E-state index in [-0.39, 0.29) is 34.8 Å². The minimum Gasteiger partial charge on any atom is -0.386 e. The fraction of sp³-hybridized carbons (Fsp3) is 0.500. The van der Waals surface area contributed by atoms with Gasteiger partial charge in [0.2, 0.25) is 0 Å². The molecule has 0 atom stereocenters. The van der Waals surface area contributed by atoms with Crippen LogP contribution < -0.4 is 5.73 Å². The minimum atomic E-state index is -4.49. The molecule has 0 spiro atoms. The molecule has 0 aromatic rings. The quantitative estimate of drug-likeness (QED) is 0.531. The molecular formula is C2H3AgClF3NS. The monoisotopic (exact) mass is 272 g/mol. The van der Waals surface area contributed by atoms with Gasteiger partial charge in [0, 0.05) is 22.4 Å². The summed E-state index contributed by atoms with van der Waals surface area (Å²) in [4.78, 5) is -1.42. The number of halogens is 4. The normalized spacial score (nSPS) is 8.78. The Morgan fingerprint density at radius 2 is 1.44 bits per heavy atom. The number of rotatable bonds is 0. The van der Waals surface area contributed by atoms with E-state index in [1.165, 1.54) is 0 Å². The van der Waals surface area contributed by atoms with Gasteiger partial charge in [-0.3, -0.25) is 0 Å². The van der Waals surface area contributed by atoms with Crippen LogP contribution >= 0.6 is 24.6 Å². The van der Waals surface area contributed by atoms with E-state index in [4.69, 9.17) is 0 Å². The fourth-order valence-corrected chi connectivity index (χ4v) is 0. The van der Waals surface area contributed by atoms with E-state index in [0.717, 1.165) is 0 Å². The topological polar surface area (TPSA) is 26.0 Å². The van der Waals surface area contributed by atoms with Crippen LogP contribution in [0.2, 0.25) is 0 Å². The molecule has 0 aliphatic rings. The summed E-state index contributed by atoms with van der Waals surface area (Å²) in [5.41, 5.74) is 4.18. The van der Waals surface area contributed by atoms with Gasteiger partial charge in [-0.05, 0) is 0 Å². The summed E-state index contributed by atoms with van der Waals surface area (Å²) in [5, 5.41) is 0. The van der Waals surface area contributed by atoms with Gasteiger partial charge >= 0.3 is 6.18 Å². The number of alkyl halides is 3. The van der Waals surface area contributed by atoms with Gasteiger partial charge < -0.3 is 5.73 Å². The number of hydrogen-bond acceptors (Lipinski definition) is 1. The van der Waals surface area contributed by atoms with Crippen LogP contribution in [0, 0.1) is 0 Å². The summed E-state index contributed by atoms with van der Waals surface area (Å²) in [6, 6.07) is 0. The zero-order valence-electron chi connectivity index (χ0n) is 3.83. The van der Waals surface area contributed by atoms with E-state index in [1.807, 2.05) is 0 Å². The molecule has 61 valence electrons. The Labute approximate surface area is 77.1 Å². The third kappa shape index (κ3) is 8.71. The Balaban J connectivity index is -0.000000180. The van der Waals surface area contributed by atoms with E-state index >= 15 is 0 Å². The second kappa shape index (κ2) is 5.49. The third-order valence-corrected chi connectivity index (χ3v) is 0.511. The van der Waals surface area contributed by atoms with E-state index in [9.17, 15) is 13.2 Å². The molecule has 0 aromatic heterocycles. The molecule has 9 heavy (non-hydrogen) atoms. The Kier molecular flexibility index (Phi) is 9.98. The molecule has 0 rings (SSSR count). The molecule has 0 aliphatic carbocycles. The maximum absolute atomic E-state index is 10.9. The Morgan fingerprint density at radius 1 is 1.33 bits per heavy atom. The molecule has 7 heteroatoms.